The number of nitrogens with one attached hydrogen (secondary N) is 2. The van der Waals surface area contributed by atoms with Gasteiger partial charge in [-0.05, 0) is 54.6 Å². The standard InChI is InChI=1S/C20H15Cl2N3O3S/c21-16-7-11-18(12-8-16)29(27,28)25-17-9-5-14(6-10-17)20(26)24-23-13-15-3-1-2-4-19(15)22/h1-13,25H,(H,24,26)/b23-13-. The highest BCUT2D eigenvalue weighted by molar-refractivity contribution is 7.92. The summed E-state index contributed by atoms with van der Waals surface area (Å²) in [6.07, 6.45) is 1.44. The van der Waals surface area contributed by atoms with Crippen LogP contribution in [0.2, 0.25) is 10.0 Å². The molecule has 0 bridgehead atoms. The molecule has 0 heterocycles. The van der Waals surface area contributed by atoms with Gasteiger partial charge >= 0.3 is 0 Å². The van der Waals surface area contributed by atoms with Gasteiger partial charge in [-0.2, -0.15) is 5.10 Å². The van der Waals surface area contributed by atoms with Crippen LogP contribution in [0.25, 0.3) is 0 Å². The Labute approximate surface area is 178 Å². The summed E-state index contributed by atoms with van der Waals surface area (Å²) in [7, 11) is -3.76. The number of hydrogen-bond acceptors (Lipinski definition) is 4. The van der Waals surface area contributed by atoms with Gasteiger partial charge in [-0.3, -0.25) is 9.52 Å². The summed E-state index contributed by atoms with van der Waals surface area (Å²) in [5.41, 5.74) is 3.69. The summed E-state index contributed by atoms with van der Waals surface area (Å²) in [6.45, 7) is 0. The third-order valence-corrected chi connectivity index (χ3v) is 5.79. The Kier molecular flexibility index (Phi) is 6.53. The van der Waals surface area contributed by atoms with Crippen LogP contribution in [0, 0.1) is 0 Å². The molecule has 0 radical (unpaired) electrons. The minimum atomic E-state index is -3.76. The number of amides is 1. The molecule has 0 saturated carbocycles. The molecule has 0 aliphatic carbocycles. The third kappa shape index (κ3) is 5.57. The smallest absolute Gasteiger partial charge is 0.271 e. The number of carbonyl (C=O) groups is 1. The molecule has 0 spiro atoms. The molecular formula is C20H15Cl2N3O3S. The van der Waals surface area contributed by atoms with E-state index in [9.17, 15) is 13.2 Å². The molecule has 2 N–H and O–H groups in total. The third-order valence-electron chi connectivity index (χ3n) is 3.80. The van der Waals surface area contributed by atoms with E-state index in [-0.39, 0.29) is 4.90 Å². The summed E-state index contributed by atoms with van der Waals surface area (Å²) >= 11 is 11.8. The van der Waals surface area contributed by atoms with Crippen molar-refractivity contribution in [3.8, 4) is 0 Å². The van der Waals surface area contributed by atoms with Crippen molar-refractivity contribution in [2.24, 2.45) is 5.10 Å². The van der Waals surface area contributed by atoms with Gasteiger partial charge in [0, 0.05) is 26.9 Å². The van der Waals surface area contributed by atoms with E-state index in [2.05, 4.69) is 15.2 Å². The van der Waals surface area contributed by atoms with E-state index < -0.39 is 15.9 Å². The molecule has 0 fully saturated rings. The quantitative estimate of drug-likeness (QED) is 0.428. The first-order chi connectivity index (χ1) is 13.8. The zero-order valence-electron chi connectivity index (χ0n) is 14.8. The van der Waals surface area contributed by atoms with Crippen LogP contribution in [0.1, 0.15) is 15.9 Å². The van der Waals surface area contributed by atoms with Crippen molar-refractivity contribution in [1.29, 1.82) is 0 Å². The number of benzene rings is 3. The molecule has 3 aromatic carbocycles. The second-order valence-corrected chi connectivity index (χ2v) is 8.38. The number of hydrazone groups is 1. The molecule has 0 unspecified atom stereocenters. The average molecular weight is 448 g/mol. The topological polar surface area (TPSA) is 87.6 Å². The average Bonchev–Trinajstić information content (AvgIpc) is 2.70. The number of nitrogens with zero attached hydrogens (tertiary/aromatic N) is 1. The van der Waals surface area contributed by atoms with Crippen LogP contribution >= 0.6 is 23.2 Å². The van der Waals surface area contributed by atoms with Gasteiger partial charge in [0.2, 0.25) is 0 Å². The number of anilines is 1. The Hall–Kier alpha value is -2.87. The molecule has 9 heteroatoms. The molecule has 3 aromatic rings. The molecule has 0 aliphatic rings. The predicted octanol–water partition coefficient (Wildman–Crippen LogP) is 4.56. The number of sulfonamides is 1. The molecule has 3 rings (SSSR count). The van der Waals surface area contributed by atoms with Crippen molar-refractivity contribution in [2.75, 3.05) is 4.72 Å². The van der Waals surface area contributed by atoms with E-state index in [1.54, 1.807) is 24.3 Å². The highest BCUT2D eigenvalue weighted by Crippen LogP contribution is 2.19. The maximum absolute atomic E-state index is 12.4. The molecule has 0 atom stereocenters. The summed E-state index contributed by atoms with van der Waals surface area (Å²) in [4.78, 5) is 12.2. The summed E-state index contributed by atoms with van der Waals surface area (Å²) in [6, 6.07) is 18.8. The fourth-order valence-electron chi connectivity index (χ4n) is 2.32. The lowest BCUT2D eigenvalue weighted by atomic mass is 10.2. The van der Waals surface area contributed by atoms with Crippen LogP contribution in [0.4, 0.5) is 5.69 Å². The van der Waals surface area contributed by atoms with Gasteiger partial charge in [0.1, 0.15) is 0 Å². The first-order valence-electron chi connectivity index (χ1n) is 8.31. The Morgan fingerprint density at radius 3 is 2.21 bits per heavy atom. The van der Waals surface area contributed by atoms with Crippen LogP contribution in [0.3, 0.4) is 0 Å². The maximum Gasteiger partial charge on any atom is 0.271 e. The van der Waals surface area contributed by atoms with Crippen LogP contribution in [-0.4, -0.2) is 20.5 Å². The van der Waals surface area contributed by atoms with E-state index >= 15 is 0 Å². The van der Waals surface area contributed by atoms with Crippen LogP contribution in [0.5, 0.6) is 0 Å². The van der Waals surface area contributed by atoms with E-state index in [4.69, 9.17) is 23.2 Å². The van der Waals surface area contributed by atoms with Crippen molar-refractivity contribution in [3.05, 3.63) is 94.0 Å². The highest BCUT2D eigenvalue weighted by atomic mass is 35.5. The van der Waals surface area contributed by atoms with Gasteiger partial charge in [0.05, 0.1) is 11.1 Å². The fourth-order valence-corrected chi connectivity index (χ4v) is 3.69. The molecular weight excluding hydrogens is 433 g/mol. The van der Waals surface area contributed by atoms with Crippen molar-refractivity contribution < 1.29 is 13.2 Å². The van der Waals surface area contributed by atoms with Gasteiger partial charge in [0.25, 0.3) is 15.9 Å². The molecule has 148 valence electrons. The largest absolute Gasteiger partial charge is 0.280 e. The van der Waals surface area contributed by atoms with Crippen molar-refractivity contribution in [2.45, 2.75) is 4.90 Å². The number of hydrogen-bond donors (Lipinski definition) is 2. The van der Waals surface area contributed by atoms with Gasteiger partial charge in [0.15, 0.2) is 0 Å². The molecule has 0 saturated heterocycles. The monoisotopic (exact) mass is 447 g/mol. The van der Waals surface area contributed by atoms with Gasteiger partial charge in [-0.15, -0.1) is 0 Å². The highest BCUT2D eigenvalue weighted by Gasteiger charge is 2.14. The first kappa shape index (κ1) is 20.9. The minimum absolute atomic E-state index is 0.0811. The second kappa shape index (κ2) is 9.09. The second-order valence-electron chi connectivity index (χ2n) is 5.86. The summed E-state index contributed by atoms with van der Waals surface area (Å²) in [5, 5.41) is 4.83. The Bertz CT molecular complexity index is 1150. The van der Waals surface area contributed by atoms with Crippen LogP contribution in [0.15, 0.2) is 82.8 Å². The molecule has 6 nitrogen and oxygen atoms in total. The van der Waals surface area contributed by atoms with Gasteiger partial charge < -0.3 is 0 Å². The van der Waals surface area contributed by atoms with Crippen molar-refractivity contribution >= 4 is 51.0 Å². The molecule has 0 aromatic heterocycles. The lowest BCUT2D eigenvalue weighted by Crippen LogP contribution is -2.18. The summed E-state index contributed by atoms with van der Waals surface area (Å²) < 4.78 is 27.2. The lowest BCUT2D eigenvalue weighted by Gasteiger charge is -2.09. The Morgan fingerprint density at radius 2 is 1.55 bits per heavy atom. The van der Waals surface area contributed by atoms with Crippen LogP contribution in [-0.2, 0) is 10.0 Å². The Morgan fingerprint density at radius 1 is 0.897 bits per heavy atom. The molecule has 29 heavy (non-hydrogen) atoms. The fraction of sp³-hybridized carbons (Fsp3) is 0. The first-order valence-corrected chi connectivity index (χ1v) is 10.6. The lowest BCUT2D eigenvalue weighted by molar-refractivity contribution is 0.0955. The van der Waals surface area contributed by atoms with Crippen LogP contribution < -0.4 is 10.1 Å². The van der Waals surface area contributed by atoms with Crippen molar-refractivity contribution in [1.82, 2.24) is 5.43 Å². The Balaban J connectivity index is 1.64. The minimum Gasteiger partial charge on any atom is -0.280 e. The predicted molar refractivity (Wildman–Crippen MR) is 115 cm³/mol. The molecule has 0 aliphatic heterocycles. The zero-order valence-corrected chi connectivity index (χ0v) is 17.2. The maximum atomic E-state index is 12.4. The van der Waals surface area contributed by atoms with Gasteiger partial charge in [-0.25, -0.2) is 13.8 Å². The number of halogens is 2. The zero-order chi connectivity index (χ0) is 20.9. The normalized spacial score (nSPS) is 11.4. The summed E-state index contributed by atoms with van der Waals surface area (Å²) in [5.74, 6) is -0.444. The number of rotatable bonds is 6. The van der Waals surface area contributed by atoms with E-state index in [1.807, 2.05) is 0 Å². The van der Waals surface area contributed by atoms with E-state index in [0.29, 0.717) is 26.9 Å². The van der Waals surface area contributed by atoms with E-state index in [1.165, 1.54) is 54.7 Å². The van der Waals surface area contributed by atoms with Gasteiger partial charge in [-0.1, -0.05) is 41.4 Å². The molecule has 1 amide bonds. The van der Waals surface area contributed by atoms with Crippen molar-refractivity contribution in [3.63, 3.8) is 0 Å². The SMILES string of the molecule is O=C(N/N=C\c1ccccc1Cl)c1ccc(NS(=O)(=O)c2ccc(Cl)cc2)cc1. The van der Waals surface area contributed by atoms with E-state index in [0.717, 1.165) is 0 Å². The number of carbonyl (C=O) groups excluding carboxylic acids is 1.